The fraction of sp³-hybridized carbons (Fsp3) is 0.583. The SMILES string of the molecule is CNc1nc(CN2CCSCC2)nc2c1cnn2C. The molecule has 0 aliphatic carbocycles. The quantitative estimate of drug-likeness (QED) is 0.902. The Morgan fingerprint density at radius 1 is 1.32 bits per heavy atom. The second-order valence-electron chi connectivity index (χ2n) is 4.63. The average molecular weight is 278 g/mol. The predicted molar refractivity (Wildman–Crippen MR) is 78.5 cm³/mol. The summed E-state index contributed by atoms with van der Waals surface area (Å²) in [5, 5.41) is 8.36. The van der Waals surface area contributed by atoms with Gasteiger partial charge in [-0.3, -0.25) is 9.58 Å². The van der Waals surface area contributed by atoms with Gasteiger partial charge in [0, 0.05) is 38.7 Å². The number of rotatable bonds is 3. The molecule has 1 aliphatic heterocycles. The third kappa shape index (κ3) is 2.52. The minimum atomic E-state index is 0.816. The normalized spacial score (nSPS) is 16.9. The molecule has 2 aromatic heterocycles. The molecule has 3 rings (SSSR count). The number of nitrogens with zero attached hydrogens (tertiary/aromatic N) is 5. The van der Waals surface area contributed by atoms with Gasteiger partial charge in [0.25, 0.3) is 0 Å². The zero-order chi connectivity index (χ0) is 13.2. The van der Waals surface area contributed by atoms with E-state index in [1.54, 1.807) is 4.68 Å². The van der Waals surface area contributed by atoms with Crippen LogP contribution in [0.2, 0.25) is 0 Å². The molecule has 0 amide bonds. The first-order valence-corrected chi connectivity index (χ1v) is 7.60. The van der Waals surface area contributed by atoms with Gasteiger partial charge in [-0.1, -0.05) is 0 Å². The van der Waals surface area contributed by atoms with Crippen molar-refractivity contribution in [3.63, 3.8) is 0 Å². The van der Waals surface area contributed by atoms with Gasteiger partial charge < -0.3 is 5.32 Å². The maximum absolute atomic E-state index is 4.64. The molecule has 1 aliphatic rings. The zero-order valence-electron chi connectivity index (χ0n) is 11.3. The molecule has 6 nitrogen and oxygen atoms in total. The van der Waals surface area contributed by atoms with Crippen molar-refractivity contribution in [2.24, 2.45) is 7.05 Å². The zero-order valence-corrected chi connectivity index (χ0v) is 12.1. The highest BCUT2D eigenvalue weighted by Crippen LogP contribution is 2.20. The van der Waals surface area contributed by atoms with Gasteiger partial charge in [0.15, 0.2) is 5.65 Å². The molecule has 0 spiro atoms. The van der Waals surface area contributed by atoms with Crippen LogP contribution in [0.3, 0.4) is 0 Å². The van der Waals surface area contributed by atoms with Crippen LogP contribution in [-0.2, 0) is 13.6 Å². The molecule has 0 bridgehead atoms. The lowest BCUT2D eigenvalue weighted by molar-refractivity contribution is 0.287. The summed E-state index contributed by atoms with van der Waals surface area (Å²) in [5.74, 6) is 4.13. The van der Waals surface area contributed by atoms with Crippen LogP contribution in [0, 0.1) is 0 Å². The van der Waals surface area contributed by atoms with Crippen LogP contribution in [0.25, 0.3) is 11.0 Å². The van der Waals surface area contributed by atoms with Crippen LogP contribution < -0.4 is 5.32 Å². The van der Waals surface area contributed by atoms with Crippen molar-refractivity contribution >= 4 is 28.6 Å². The number of hydrogen-bond acceptors (Lipinski definition) is 6. The Morgan fingerprint density at radius 2 is 2.11 bits per heavy atom. The summed E-state index contributed by atoms with van der Waals surface area (Å²) in [7, 11) is 3.80. The molecule has 102 valence electrons. The molecule has 0 radical (unpaired) electrons. The van der Waals surface area contributed by atoms with Gasteiger partial charge in [0.05, 0.1) is 18.1 Å². The molecule has 0 unspecified atom stereocenters. The molecule has 19 heavy (non-hydrogen) atoms. The highest BCUT2D eigenvalue weighted by molar-refractivity contribution is 7.99. The molecular weight excluding hydrogens is 260 g/mol. The van der Waals surface area contributed by atoms with Crippen LogP contribution in [0.1, 0.15) is 5.82 Å². The van der Waals surface area contributed by atoms with Crippen molar-refractivity contribution in [2.75, 3.05) is 37.0 Å². The fourth-order valence-corrected chi connectivity index (χ4v) is 3.27. The average Bonchev–Trinajstić information content (AvgIpc) is 2.81. The van der Waals surface area contributed by atoms with Crippen molar-refractivity contribution in [2.45, 2.75) is 6.54 Å². The molecule has 7 heteroatoms. The van der Waals surface area contributed by atoms with Gasteiger partial charge in [-0.05, 0) is 0 Å². The summed E-state index contributed by atoms with van der Waals surface area (Å²) in [4.78, 5) is 11.7. The highest BCUT2D eigenvalue weighted by Gasteiger charge is 2.15. The Hall–Kier alpha value is -1.34. The first kappa shape index (κ1) is 12.7. The summed E-state index contributed by atoms with van der Waals surface area (Å²) in [5.41, 5.74) is 0.890. The lowest BCUT2D eigenvalue weighted by Gasteiger charge is -2.25. The summed E-state index contributed by atoms with van der Waals surface area (Å²) in [6.45, 7) is 3.05. The maximum atomic E-state index is 4.64. The number of thioether (sulfide) groups is 1. The minimum Gasteiger partial charge on any atom is -0.372 e. The summed E-state index contributed by atoms with van der Waals surface area (Å²) >= 11 is 2.01. The van der Waals surface area contributed by atoms with Gasteiger partial charge in [0.1, 0.15) is 11.6 Å². The summed E-state index contributed by atoms with van der Waals surface area (Å²) < 4.78 is 1.80. The number of hydrogen-bond donors (Lipinski definition) is 1. The molecule has 1 fully saturated rings. The van der Waals surface area contributed by atoms with Crippen molar-refractivity contribution in [1.29, 1.82) is 0 Å². The monoisotopic (exact) mass is 278 g/mol. The smallest absolute Gasteiger partial charge is 0.163 e. The van der Waals surface area contributed by atoms with E-state index in [9.17, 15) is 0 Å². The fourth-order valence-electron chi connectivity index (χ4n) is 2.29. The number of aromatic nitrogens is 4. The third-order valence-electron chi connectivity index (χ3n) is 3.34. The molecule has 1 N–H and O–H groups in total. The van der Waals surface area contributed by atoms with Crippen LogP contribution >= 0.6 is 11.8 Å². The van der Waals surface area contributed by atoms with Gasteiger partial charge in [-0.25, -0.2) is 9.97 Å². The molecule has 0 saturated carbocycles. The Morgan fingerprint density at radius 3 is 2.84 bits per heavy atom. The topological polar surface area (TPSA) is 58.9 Å². The van der Waals surface area contributed by atoms with E-state index in [0.29, 0.717) is 0 Å². The van der Waals surface area contributed by atoms with E-state index in [-0.39, 0.29) is 0 Å². The van der Waals surface area contributed by atoms with Gasteiger partial charge in [-0.2, -0.15) is 16.9 Å². The Balaban J connectivity index is 1.92. The summed E-state index contributed by atoms with van der Waals surface area (Å²) in [6, 6.07) is 0. The van der Waals surface area contributed by atoms with E-state index in [1.165, 1.54) is 11.5 Å². The van der Waals surface area contributed by atoms with E-state index < -0.39 is 0 Å². The molecule has 1 saturated heterocycles. The Kier molecular flexibility index (Phi) is 3.56. The first-order valence-electron chi connectivity index (χ1n) is 6.44. The van der Waals surface area contributed by atoms with E-state index >= 15 is 0 Å². The number of aryl methyl sites for hydroxylation is 1. The van der Waals surface area contributed by atoms with E-state index in [4.69, 9.17) is 0 Å². The molecule has 0 aromatic carbocycles. The van der Waals surface area contributed by atoms with Crippen molar-refractivity contribution < 1.29 is 0 Å². The minimum absolute atomic E-state index is 0.816. The second-order valence-corrected chi connectivity index (χ2v) is 5.86. The Labute approximate surface area is 116 Å². The number of nitrogens with one attached hydrogen (secondary N) is 1. The van der Waals surface area contributed by atoms with Crippen molar-refractivity contribution in [1.82, 2.24) is 24.6 Å². The third-order valence-corrected chi connectivity index (χ3v) is 4.29. The standard InChI is InChI=1S/C12H18N6S/c1-13-11-9-7-14-17(2)12(9)16-10(15-11)8-18-3-5-19-6-4-18/h7H,3-6,8H2,1-2H3,(H,13,15,16). The molecule has 2 aromatic rings. The number of fused-ring (bicyclic) bond motifs is 1. The van der Waals surface area contributed by atoms with Crippen LogP contribution in [-0.4, -0.2) is 56.3 Å². The highest BCUT2D eigenvalue weighted by atomic mass is 32.2. The lowest BCUT2D eigenvalue weighted by Crippen LogP contribution is -2.32. The van der Waals surface area contributed by atoms with Gasteiger partial charge in [-0.15, -0.1) is 0 Å². The van der Waals surface area contributed by atoms with E-state index in [1.807, 2.05) is 32.1 Å². The predicted octanol–water partition coefficient (Wildman–Crippen LogP) is 0.954. The van der Waals surface area contributed by atoms with Gasteiger partial charge >= 0.3 is 0 Å². The summed E-state index contributed by atoms with van der Waals surface area (Å²) in [6.07, 6.45) is 1.81. The second kappa shape index (κ2) is 5.34. The number of anilines is 1. The first-order chi connectivity index (χ1) is 9.28. The van der Waals surface area contributed by atoms with Crippen LogP contribution in [0.15, 0.2) is 6.20 Å². The van der Waals surface area contributed by atoms with E-state index in [0.717, 1.165) is 42.3 Å². The van der Waals surface area contributed by atoms with Crippen LogP contribution in [0.4, 0.5) is 5.82 Å². The lowest BCUT2D eigenvalue weighted by atomic mass is 10.3. The molecule has 0 atom stereocenters. The Bertz CT molecular complexity index is 575. The largest absolute Gasteiger partial charge is 0.372 e. The van der Waals surface area contributed by atoms with Crippen molar-refractivity contribution in [3.8, 4) is 0 Å². The molecular formula is C12H18N6S. The van der Waals surface area contributed by atoms with Crippen LogP contribution in [0.5, 0.6) is 0 Å². The molecule has 3 heterocycles. The van der Waals surface area contributed by atoms with Gasteiger partial charge in [0.2, 0.25) is 0 Å². The maximum Gasteiger partial charge on any atom is 0.163 e. The van der Waals surface area contributed by atoms with E-state index in [2.05, 4.69) is 25.3 Å². The van der Waals surface area contributed by atoms with Crippen molar-refractivity contribution in [3.05, 3.63) is 12.0 Å².